The predicted molar refractivity (Wildman–Crippen MR) is 83.4 cm³/mol. The largest absolute Gasteiger partial charge is 0.444 e. The Labute approximate surface area is 127 Å². The van der Waals surface area contributed by atoms with E-state index in [2.05, 4.69) is 34.7 Å². The fourth-order valence-electron chi connectivity index (χ4n) is 1.58. The van der Waals surface area contributed by atoms with Crippen molar-refractivity contribution >= 4 is 12.1 Å². The molecule has 0 saturated carbocycles. The van der Waals surface area contributed by atoms with Gasteiger partial charge < -0.3 is 25.6 Å². The van der Waals surface area contributed by atoms with Crippen LogP contribution in [0.3, 0.4) is 0 Å². The molecule has 7 heteroatoms. The van der Waals surface area contributed by atoms with Crippen LogP contribution >= 0.6 is 0 Å². The Kier molecular flexibility index (Phi) is 9.53. The fourth-order valence-corrected chi connectivity index (χ4v) is 1.58. The summed E-state index contributed by atoms with van der Waals surface area (Å²) in [4.78, 5) is 25.1. The zero-order chi connectivity index (χ0) is 16.3. The molecule has 0 spiro atoms. The molecule has 0 saturated heterocycles. The SMILES string of the molecule is CCN(CC)CCNC(=O)NCCNC(=O)OC(C)(C)C. The first-order valence-electron chi connectivity index (χ1n) is 7.49. The minimum atomic E-state index is -0.515. The van der Waals surface area contributed by atoms with E-state index >= 15 is 0 Å². The number of carbonyl (C=O) groups excluding carboxylic acids is 2. The molecular weight excluding hydrogens is 272 g/mol. The third-order valence-corrected chi connectivity index (χ3v) is 2.69. The van der Waals surface area contributed by atoms with Crippen molar-refractivity contribution in [1.82, 2.24) is 20.9 Å². The van der Waals surface area contributed by atoms with Crippen LogP contribution in [0.4, 0.5) is 9.59 Å². The standard InChI is InChI=1S/C14H30N4O3/c1-6-18(7-2)11-10-16-12(19)15-8-9-17-13(20)21-14(3,4)5/h6-11H2,1-5H3,(H,17,20)(H2,15,16,19). The summed E-state index contributed by atoms with van der Waals surface area (Å²) < 4.78 is 5.08. The van der Waals surface area contributed by atoms with Gasteiger partial charge in [0.15, 0.2) is 0 Å². The van der Waals surface area contributed by atoms with Crippen LogP contribution in [-0.2, 0) is 4.74 Å². The number of likely N-dealkylation sites (N-methyl/N-ethyl adjacent to an activating group) is 1. The van der Waals surface area contributed by atoms with E-state index in [1.807, 2.05) is 0 Å². The summed E-state index contributed by atoms with van der Waals surface area (Å²) in [6.07, 6.45) is -0.480. The van der Waals surface area contributed by atoms with E-state index in [1.165, 1.54) is 0 Å². The molecule has 3 amide bonds. The maximum atomic E-state index is 11.5. The number of hydrogen-bond donors (Lipinski definition) is 3. The van der Waals surface area contributed by atoms with Crippen LogP contribution < -0.4 is 16.0 Å². The van der Waals surface area contributed by atoms with Gasteiger partial charge >= 0.3 is 12.1 Å². The van der Waals surface area contributed by atoms with Gasteiger partial charge in [0.25, 0.3) is 0 Å². The summed E-state index contributed by atoms with van der Waals surface area (Å²) in [5.41, 5.74) is -0.515. The number of nitrogens with zero attached hydrogens (tertiary/aromatic N) is 1. The Morgan fingerprint density at radius 3 is 2.00 bits per heavy atom. The molecule has 0 aliphatic carbocycles. The lowest BCUT2D eigenvalue weighted by atomic mass is 10.2. The first-order chi connectivity index (χ1) is 9.78. The lowest BCUT2D eigenvalue weighted by molar-refractivity contribution is 0.0528. The number of amides is 3. The maximum absolute atomic E-state index is 11.5. The fraction of sp³-hybridized carbons (Fsp3) is 0.857. The van der Waals surface area contributed by atoms with Crippen molar-refractivity contribution in [2.45, 2.75) is 40.2 Å². The molecule has 0 aromatic rings. The first kappa shape index (κ1) is 19.5. The van der Waals surface area contributed by atoms with E-state index < -0.39 is 11.7 Å². The van der Waals surface area contributed by atoms with Crippen molar-refractivity contribution in [2.24, 2.45) is 0 Å². The van der Waals surface area contributed by atoms with Crippen LogP contribution in [0.5, 0.6) is 0 Å². The number of urea groups is 1. The third-order valence-electron chi connectivity index (χ3n) is 2.69. The van der Waals surface area contributed by atoms with Gasteiger partial charge in [0.05, 0.1) is 0 Å². The summed E-state index contributed by atoms with van der Waals surface area (Å²) in [6.45, 7) is 13.6. The van der Waals surface area contributed by atoms with Crippen molar-refractivity contribution in [1.29, 1.82) is 0 Å². The van der Waals surface area contributed by atoms with Crippen LogP contribution in [0.2, 0.25) is 0 Å². The highest BCUT2D eigenvalue weighted by Crippen LogP contribution is 2.05. The number of ether oxygens (including phenoxy) is 1. The van der Waals surface area contributed by atoms with Crippen molar-refractivity contribution in [3.8, 4) is 0 Å². The van der Waals surface area contributed by atoms with E-state index in [-0.39, 0.29) is 6.03 Å². The molecule has 0 aromatic heterocycles. The molecule has 7 nitrogen and oxygen atoms in total. The number of carbonyl (C=O) groups is 2. The highest BCUT2D eigenvalue weighted by atomic mass is 16.6. The quantitative estimate of drug-likeness (QED) is 0.587. The van der Waals surface area contributed by atoms with Crippen molar-refractivity contribution < 1.29 is 14.3 Å². The summed E-state index contributed by atoms with van der Waals surface area (Å²) in [5.74, 6) is 0. The smallest absolute Gasteiger partial charge is 0.407 e. The molecule has 3 N–H and O–H groups in total. The van der Waals surface area contributed by atoms with Crippen molar-refractivity contribution in [2.75, 3.05) is 39.3 Å². The molecule has 21 heavy (non-hydrogen) atoms. The summed E-state index contributed by atoms with van der Waals surface area (Å²) in [6, 6.07) is -0.229. The minimum absolute atomic E-state index is 0.229. The zero-order valence-corrected chi connectivity index (χ0v) is 13.9. The molecule has 0 heterocycles. The molecule has 0 aliphatic heterocycles. The van der Waals surface area contributed by atoms with Crippen LogP contribution in [0.15, 0.2) is 0 Å². The second kappa shape index (κ2) is 10.3. The van der Waals surface area contributed by atoms with Crippen LogP contribution in [-0.4, -0.2) is 61.9 Å². The Morgan fingerprint density at radius 2 is 1.48 bits per heavy atom. The van der Waals surface area contributed by atoms with Gasteiger partial charge in [-0.3, -0.25) is 0 Å². The molecule has 0 fully saturated rings. The average Bonchev–Trinajstić information content (AvgIpc) is 2.38. The second-order valence-corrected chi connectivity index (χ2v) is 5.64. The van der Waals surface area contributed by atoms with Crippen LogP contribution in [0.25, 0.3) is 0 Å². The molecule has 0 bridgehead atoms. The lowest BCUT2D eigenvalue weighted by Crippen LogP contribution is -2.43. The summed E-state index contributed by atoms with van der Waals surface area (Å²) >= 11 is 0. The van der Waals surface area contributed by atoms with E-state index in [1.54, 1.807) is 20.8 Å². The predicted octanol–water partition coefficient (Wildman–Crippen LogP) is 1.15. The molecule has 0 rings (SSSR count). The Hall–Kier alpha value is -1.50. The molecule has 0 unspecified atom stereocenters. The highest BCUT2D eigenvalue weighted by Gasteiger charge is 2.15. The first-order valence-corrected chi connectivity index (χ1v) is 7.49. The average molecular weight is 302 g/mol. The van der Waals surface area contributed by atoms with Crippen molar-refractivity contribution in [3.63, 3.8) is 0 Å². The van der Waals surface area contributed by atoms with Gasteiger partial charge in [0.1, 0.15) is 5.60 Å². The molecule has 0 atom stereocenters. The summed E-state index contributed by atoms with van der Waals surface area (Å²) in [5, 5.41) is 8.02. The number of nitrogens with one attached hydrogen (secondary N) is 3. The minimum Gasteiger partial charge on any atom is -0.444 e. The van der Waals surface area contributed by atoms with Gasteiger partial charge in [-0.2, -0.15) is 0 Å². The van der Waals surface area contributed by atoms with Gasteiger partial charge in [0.2, 0.25) is 0 Å². The molecule has 0 aliphatic rings. The van der Waals surface area contributed by atoms with Gasteiger partial charge in [-0.1, -0.05) is 13.8 Å². The van der Waals surface area contributed by atoms with Gasteiger partial charge in [-0.05, 0) is 33.9 Å². The zero-order valence-electron chi connectivity index (χ0n) is 13.9. The van der Waals surface area contributed by atoms with Gasteiger partial charge in [-0.25, -0.2) is 9.59 Å². The molecule has 124 valence electrons. The van der Waals surface area contributed by atoms with Crippen LogP contribution in [0.1, 0.15) is 34.6 Å². The number of rotatable bonds is 8. The van der Waals surface area contributed by atoms with Crippen molar-refractivity contribution in [3.05, 3.63) is 0 Å². The van der Waals surface area contributed by atoms with Crippen LogP contribution in [0, 0.1) is 0 Å². The van der Waals surface area contributed by atoms with E-state index in [0.29, 0.717) is 19.6 Å². The van der Waals surface area contributed by atoms with E-state index in [4.69, 9.17) is 4.74 Å². The lowest BCUT2D eigenvalue weighted by Gasteiger charge is -2.20. The number of alkyl carbamates (subject to hydrolysis) is 1. The summed E-state index contributed by atoms with van der Waals surface area (Å²) in [7, 11) is 0. The maximum Gasteiger partial charge on any atom is 0.407 e. The Morgan fingerprint density at radius 1 is 0.952 bits per heavy atom. The number of hydrogen-bond acceptors (Lipinski definition) is 4. The second-order valence-electron chi connectivity index (χ2n) is 5.64. The topological polar surface area (TPSA) is 82.7 Å². The van der Waals surface area contributed by atoms with E-state index in [0.717, 1.165) is 19.6 Å². The van der Waals surface area contributed by atoms with Gasteiger partial charge in [-0.15, -0.1) is 0 Å². The molecular formula is C14H30N4O3. The molecule has 0 aromatic carbocycles. The van der Waals surface area contributed by atoms with E-state index in [9.17, 15) is 9.59 Å². The highest BCUT2D eigenvalue weighted by molar-refractivity contribution is 5.74. The Bertz CT molecular complexity index is 312. The Balaban J connectivity index is 3.60. The third kappa shape index (κ3) is 12.0. The van der Waals surface area contributed by atoms with Gasteiger partial charge in [0, 0.05) is 26.2 Å². The monoisotopic (exact) mass is 302 g/mol. The molecule has 0 radical (unpaired) electrons. The normalized spacial score (nSPS) is 11.1.